The lowest BCUT2D eigenvalue weighted by molar-refractivity contribution is -0.149. The number of aliphatic carboxylic acids is 1. The second kappa shape index (κ2) is 4.53. The summed E-state index contributed by atoms with van der Waals surface area (Å²) < 4.78 is 37.5. The third kappa shape index (κ3) is 2.82. The molecule has 0 saturated heterocycles. The summed E-state index contributed by atoms with van der Waals surface area (Å²) in [6.45, 7) is 0. The Morgan fingerprint density at radius 1 is 1.44 bits per heavy atom. The lowest BCUT2D eigenvalue weighted by Gasteiger charge is -2.13. The van der Waals surface area contributed by atoms with Crippen LogP contribution in [0.3, 0.4) is 0 Å². The number of alkyl halides is 3. The fraction of sp³-hybridized carbons (Fsp3) is 0.250. The molecule has 0 radical (unpaired) electrons. The predicted molar refractivity (Wildman–Crippen MR) is 54.6 cm³/mol. The molecule has 16 heavy (non-hydrogen) atoms. The molecular formula is C8H5F3INO3. The maximum atomic E-state index is 12.5. The third-order valence-corrected chi connectivity index (χ3v) is 2.29. The largest absolute Gasteiger partial charge is 0.479 e. The smallest absolute Gasteiger partial charge is 0.418 e. The van der Waals surface area contributed by atoms with E-state index in [1.165, 1.54) is 0 Å². The number of aliphatic hydroxyl groups is 1. The summed E-state index contributed by atoms with van der Waals surface area (Å²) in [6.07, 6.45) is -7.03. The van der Waals surface area contributed by atoms with Crippen molar-refractivity contribution in [2.45, 2.75) is 12.3 Å². The van der Waals surface area contributed by atoms with Crippen molar-refractivity contribution >= 4 is 28.6 Å². The van der Waals surface area contributed by atoms with E-state index < -0.39 is 29.5 Å². The summed E-state index contributed by atoms with van der Waals surface area (Å²) in [5.41, 5.74) is -2.14. The standard InChI is InChI=1S/C8H5F3INO3/c9-8(10,11)3-1-2-4(12)13-5(3)6(14)7(15)16/h1-2,6,14H,(H,15,16). The first-order valence-electron chi connectivity index (χ1n) is 3.88. The Morgan fingerprint density at radius 2 is 2.00 bits per heavy atom. The summed E-state index contributed by atoms with van der Waals surface area (Å²) in [5, 5.41) is 17.6. The number of carbonyl (C=O) groups is 1. The topological polar surface area (TPSA) is 70.4 Å². The van der Waals surface area contributed by atoms with Crippen LogP contribution in [-0.2, 0) is 11.0 Å². The Labute approximate surface area is 101 Å². The minimum Gasteiger partial charge on any atom is -0.479 e. The first-order chi connectivity index (χ1) is 7.23. The Hall–Kier alpha value is -0.900. The molecule has 1 aromatic rings. The predicted octanol–water partition coefficient (Wildman–Crippen LogP) is 1.82. The normalized spacial score (nSPS) is 13.6. The summed E-state index contributed by atoms with van der Waals surface area (Å²) in [7, 11) is 0. The number of hydrogen-bond donors (Lipinski definition) is 2. The van der Waals surface area contributed by atoms with Crippen molar-refractivity contribution in [1.29, 1.82) is 0 Å². The molecule has 1 heterocycles. The molecule has 0 aliphatic carbocycles. The van der Waals surface area contributed by atoms with E-state index >= 15 is 0 Å². The van der Waals surface area contributed by atoms with Gasteiger partial charge in [0.2, 0.25) is 0 Å². The van der Waals surface area contributed by atoms with Crippen molar-refractivity contribution in [2.75, 3.05) is 0 Å². The van der Waals surface area contributed by atoms with Crippen molar-refractivity contribution in [3.8, 4) is 0 Å². The van der Waals surface area contributed by atoms with Crippen LogP contribution in [0, 0.1) is 3.70 Å². The van der Waals surface area contributed by atoms with Crippen molar-refractivity contribution in [3.63, 3.8) is 0 Å². The van der Waals surface area contributed by atoms with Crippen LogP contribution < -0.4 is 0 Å². The van der Waals surface area contributed by atoms with E-state index in [1.807, 2.05) is 0 Å². The van der Waals surface area contributed by atoms with Crippen LogP contribution >= 0.6 is 22.6 Å². The Morgan fingerprint density at radius 3 is 2.44 bits per heavy atom. The number of hydrogen-bond acceptors (Lipinski definition) is 3. The summed E-state index contributed by atoms with van der Waals surface area (Å²) in [4.78, 5) is 13.8. The second-order valence-corrected chi connectivity index (χ2v) is 3.91. The number of carboxylic acids is 1. The van der Waals surface area contributed by atoms with Gasteiger partial charge in [-0.2, -0.15) is 13.2 Å². The van der Waals surface area contributed by atoms with Gasteiger partial charge in [0.15, 0.2) is 6.10 Å². The number of rotatable bonds is 2. The highest BCUT2D eigenvalue weighted by Crippen LogP contribution is 2.34. The molecule has 8 heteroatoms. The zero-order valence-corrected chi connectivity index (χ0v) is 9.65. The highest BCUT2D eigenvalue weighted by atomic mass is 127. The number of carboxylic acid groups (broad SMARTS) is 1. The van der Waals surface area contributed by atoms with Crippen LogP contribution in [0.25, 0.3) is 0 Å². The minimum atomic E-state index is -4.75. The quantitative estimate of drug-likeness (QED) is 0.633. The zero-order chi connectivity index (χ0) is 12.5. The second-order valence-electron chi connectivity index (χ2n) is 2.81. The molecule has 0 amide bonds. The number of aliphatic hydroxyl groups excluding tert-OH is 1. The average Bonchev–Trinajstić information content (AvgIpc) is 2.14. The van der Waals surface area contributed by atoms with E-state index in [0.717, 1.165) is 6.07 Å². The van der Waals surface area contributed by atoms with Gasteiger partial charge < -0.3 is 10.2 Å². The first kappa shape index (κ1) is 13.2. The van der Waals surface area contributed by atoms with Gasteiger partial charge in [-0.25, -0.2) is 9.78 Å². The number of nitrogens with zero attached hydrogens (tertiary/aromatic N) is 1. The molecule has 0 bridgehead atoms. The lowest BCUT2D eigenvalue weighted by Crippen LogP contribution is -2.19. The fourth-order valence-corrected chi connectivity index (χ4v) is 1.45. The van der Waals surface area contributed by atoms with Crippen LogP contribution in [0.1, 0.15) is 17.4 Å². The first-order valence-corrected chi connectivity index (χ1v) is 4.96. The van der Waals surface area contributed by atoms with Crippen LogP contribution in [-0.4, -0.2) is 21.2 Å². The third-order valence-electron chi connectivity index (χ3n) is 1.69. The van der Waals surface area contributed by atoms with Gasteiger partial charge in [-0.05, 0) is 34.7 Å². The van der Waals surface area contributed by atoms with E-state index in [0.29, 0.717) is 6.07 Å². The molecule has 1 atom stereocenters. The van der Waals surface area contributed by atoms with E-state index in [2.05, 4.69) is 4.98 Å². The van der Waals surface area contributed by atoms with Gasteiger partial charge in [-0.1, -0.05) is 0 Å². The highest BCUT2D eigenvalue weighted by molar-refractivity contribution is 14.1. The highest BCUT2D eigenvalue weighted by Gasteiger charge is 2.37. The van der Waals surface area contributed by atoms with Gasteiger partial charge in [-0.15, -0.1) is 0 Å². The Bertz CT molecular complexity index is 421. The van der Waals surface area contributed by atoms with Crippen molar-refractivity contribution in [3.05, 3.63) is 27.1 Å². The van der Waals surface area contributed by atoms with E-state index in [1.54, 1.807) is 22.6 Å². The van der Waals surface area contributed by atoms with Gasteiger partial charge in [0.05, 0.1) is 11.3 Å². The lowest BCUT2D eigenvalue weighted by atomic mass is 10.1. The van der Waals surface area contributed by atoms with Gasteiger partial charge >= 0.3 is 12.1 Å². The SMILES string of the molecule is O=C(O)C(O)c1nc(I)ccc1C(F)(F)F. The van der Waals surface area contributed by atoms with Crippen molar-refractivity contribution < 1.29 is 28.2 Å². The monoisotopic (exact) mass is 347 g/mol. The Kier molecular flexibility index (Phi) is 3.73. The molecule has 2 N–H and O–H groups in total. The van der Waals surface area contributed by atoms with Gasteiger partial charge in [0.25, 0.3) is 0 Å². The molecule has 88 valence electrons. The number of aromatic nitrogens is 1. The van der Waals surface area contributed by atoms with Crippen LogP contribution in [0.2, 0.25) is 0 Å². The molecule has 1 unspecified atom stereocenters. The number of halogens is 4. The van der Waals surface area contributed by atoms with Crippen LogP contribution in [0.4, 0.5) is 13.2 Å². The zero-order valence-electron chi connectivity index (χ0n) is 7.49. The molecule has 0 aliphatic rings. The summed E-state index contributed by atoms with van der Waals surface area (Å²) in [5.74, 6) is -1.78. The Balaban J connectivity index is 3.35. The minimum absolute atomic E-state index is 0.168. The molecule has 1 rings (SSSR count). The summed E-state index contributed by atoms with van der Waals surface area (Å²) in [6, 6.07) is 1.78. The van der Waals surface area contributed by atoms with Crippen LogP contribution in [0.5, 0.6) is 0 Å². The van der Waals surface area contributed by atoms with Gasteiger partial charge in [0, 0.05) is 0 Å². The summed E-state index contributed by atoms with van der Waals surface area (Å²) >= 11 is 1.62. The molecule has 1 aromatic heterocycles. The van der Waals surface area contributed by atoms with E-state index in [4.69, 9.17) is 10.2 Å². The number of pyridine rings is 1. The van der Waals surface area contributed by atoms with E-state index in [-0.39, 0.29) is 3.70 Å². The molecule has 0 fully saturated rings. The molecule has 0 aromatic carbocycles. The maximum absolute atomic E-state index is 12.5. The van der Waals surface area contributed by atoms with Crippen molar-refractivity contribution in [1.82, 2.24) is 4.98 Å². The molecule has 0 aliphatic heterocycles. The van der Waals surface area contributed by atoms with Gasteiger partial charge in [0.1, 0.15) is 3.70 Å². The molecular weight excluding hydrogens is 342 g/mol. The van der Waals surface area contributed by atoms with Gasteiger partial charge in [-0.3, -0.25) is 0 Å². The van der Waals surface area contributed by atoms with E-state index in [9.17, 15) is 18.0 Å². The van der Waals surface area contributed by atoms with Crippen molar-refractivity contribution in [2.24, 2.45) is 0 Å². The van der Waals surface area contributed by atoms with Crippen LogP contribution in [0.15, 0.2) is 12.1 Å². The average molecular weight is 347 g/mol. The molecule has 0 saturated carbocycles. The fourth-order valence-electron chi connectivity index (χ4n) is 1.02. The molecule has 0 spiro atoms. The molecule has 4 nitrogen and oxygen atoms in total. The maximum Gasteiger partial charge on any atom is 0.418 e.